The van der Waals surface area contributed by atoms with Crippen molar-refractivity contribution in [3.05, 3.63) is 0 Å². The topological polar surface area (TPSA) is 48.2 Å². The third-order valence-electron chi connectivity index (χ3n) is 1.62. The van der Waals surface area contributed by atoms with Crippen LogP contribution in [-0.4, -0.2) is 17.2 Å². The minimum absolute atomic E-state index is 0.0855. The Kier molecular flexibility index (Phi) is 4.11. The Hall–Kier alpha value is -0.860. The van der Waals surface area contributed by atoms with Gasteiger partial charge in [-0.05, 0) is 33.6 Å². The van der Waals surface area contributed by atoms with Gasteiger partial charge in [0.2, 0.25) is 5.96 Å². The van der Waals surface area contributed by atoms with Crippen LogP contribution in [0.3, 0.4) is 0 Å². The molecule has 0 heterocycles. The van der Waals surface area contributed by atoms with Crippen LogP contribution in [0.1, 0.15) is 41.5 Å². The predicted molar refractivity (Wildman–Crippen MR) is 58.6 cm³/mol. The normalized spacial score (nSPS) is 13.3. The van der Waals surface area contributed by atoms with Crippen LogP contribution in [0.5, 0.6) is 0 Å². The first-order valence-corrected chi connectivity index (χ1v) is 4.64. The number of hydrogen-bond donors (Lipinski definition) is 2. The van der Waals surface area contributed by atoms with Crippen molar-refractivity contribution in [3.8, 4) is 0 Å². The largest absolute Gasteiger partial charge is 0.350 e. The van der Waals surface area contributed by atoms with Crippen molar-refractivity contribution < 1.29 is 0 Å². The lowest BCUT2D eigenvalue weighted by Crippen LogP contribution is -2.39. The molecule has 0 aliphatic heterocycles. The van der Waals surface area contributed by atoms with Gasteiger partial charge in [-0.25, -0.2) is 4.99 Å². The van der Waals surface area contributed by atoms with E-state index in [1.165, 1.54) is 0 Å². The molecule has 0 aliphatic carbocycles. The van der Waals surface area contributed by atoms with E-state index in [1.807, 2.05) is 27.7 Å². The molecule has 0 atom stereocenters. The molecule has 3 heteroatoms. The molecule has 2 N–H and O–H groups in total. The second-order valence-corrected chi connectivity index (χ2v) is 4.63. The minimum atomic E-state index is -0.0855. The van der Waals surface area contributed by atoms with E-state index in [0.29, 0.717) is 5.92 Å². The quantitative estimate of drug-likeness (QED) is 0.476. The summed E-state index contributed by atoms with van der Waals surface area (Å²) in [5, 5.41) is 10.6. The lowest BCUT2D eigenvalue weighted by atomic mass is 10.1. The Morgan fingerprint density at radius 3 is 2.08 bits per heavy atom. The Balaban J connectivity index is 4.24. The van der Waals surface area contributed by atoms with Crippen LogP contribution in [0.15, 0.2) is 4.99 Å². The molecule has 0 aliphatic rings. The highest BCUT2D eigenvalue weighted by molar-refractivity contribution is 5.95. The number of guanidine groups is 1. The van der Waals surface area contributed by atoms with Gasteiger partial charge in [-0.15, -0.1) is 0 Å². The van der Waals surface area contributed by atoms with Crippen LogP contribution in [0.25, 0.3) is 0 Å². The summed E-state index contributed by atoms with van der Waals surface area (Å²) >= 11 is 0. The standard InChI is InChI=1S/C10H21N3/c1-7(2)8(3)12-9(11)13-10(4,5)6/h7H,1-6H3,(H2,11,13)/b12-8-. The number of nitrogens with zero attached hydrogens (tertiary/aromatic N) is 1. The van der Waals surface area contributed by atoms with Crippen LogP contribution in [0.4, 0.5) is 0 Å². The maximum absolute atomic E-state index is 7.57. The fourth-order valence-electron chi connectivity index (χ4n) is 0.689. The van der Waals surface area contributed by atoms with Gasteiger partial charge in [0, 0.05) is 11.3 Å². The van der Waals surface area contributed by atoms with E-state index in [2.05, 4.69) is 24.2 Å². The molecular weight excluding hydrogens is 162 g/mol. The van der Waals surface area contributed by atoms with E-state index in [4.69, 9.17) is 5.41 Å². The average Bonchev–Trinajstić information content (AvgIpc) is 1.81. The highest BCUT2D eigenvalue weighted by atomic mass is 15.1. The smallest absolute Gasteiger partial charge is 0.215 e. The summed E-state index contributed by atoms with van der Waals surface area (Å²) in [4.78, 5) is 4.15. The summed E-state index contributed by atoms with van der Waals surface area (Å²) in [7, 11) is 0. The predicted octanol–water partition coefficient (Wildman–Crippen LogP) is 2.43. The highest BCUT2D eigenvalue weighted by Crippen LogP contribution is 2.00. The van der Waals surface area contributed by atoms with Crippen molar-refractivity contribution in [2.24, 2.45) is 10.9 Å². The molecule has 0 amide bonds. The van der Waals surface area contributed by atoms with E-state index < -0.39 is 0 Å². The molecule has 0 fully saturated rings. The summed E-state index contributed by atoms with van der Waals surface area (Å²) in [6.45, 7) is 12.1. The van der Waals surface area contributed by atoms with Gasteiger partial charge in [-0.1, -0.05) is 13.8 Å². The Labute approximate surface area is 81.2 Å². The van der Waals surface area contributed by atoms with Crippen molar-refractivity contribution in [2.45, 2.75) is 47.1 Å². The molecule has 0 saturated carbocycles. The number of nitrogens with one attached hydrogen (secondary N) is 2. The first-order valence-electron chi connectivity index (χ1n) is 4.64. The molecule has 0 spiro atoms. The van der Waals surface area contributed by atoms with E-state index in [9.17, 15) is 0 Å². The van der Waals surface area contributed by atoms with E-state index in [0.717, 1.165) is 5.71 Å². The van der Waals surface area contributed by atoms with Gasteiger partial charge in [0.05, 0.1) is 0 Å². The first-order chi connectivity index (χ1) is 5.72. The summed E-state index contributed by atoms with van der Waals surface area (Å²) < 4.78 is 0. The number of aliphatic imine (C=N–C) groups is 1. The number of rotatable bonds is 1. The van der Waals surface area contributed by atoms with Gasteiger partial charge in [0.15, 0.2) is 0 Å². The molecule has 0 radical (unpaired) electrons. The Bertz CT molecular complexity index is 209. The molecule has 13 heavy (non-hydrogen) atoms. The first kappa shape index (κ1) is 12.1. The van der Waals surface area contributed by atoms with Crippen LogP contribution >= 0.6 is 0 Å². The highest BCUT2D eigenvalue weighted by Gasteiger charge is 2.10. The fourth-order valence-corrected chi connectivity index (χ4v) is 0.689. The zero-order chi connectivity index (χ0) is 10.6. The Morgan fingerprint density at radius 1 is 1.31 bits per heavy atom. The maximum Gasteiger partial charge on any atom is 0.215 e. The SMILES string of the molecule is C/C(=N/C(=N)NC(C)(C)C)C(C)C. The van der Waals surface area contributed by atoms with Gasteiger partial charge >= 0.3 is 0 Å². The molecule has 0 aromatic rings. The van der Waals surface area contributed by atoms with E-state index in [1.54, 1.807) is 0 Å². The average molecular weight is 183 g/mol. The summed E-state index contributed by atoms with van der Waals surface area (Å²) in [5.41, 5.74) is 0.902. The van der Waals surface area contributed by atoms with Crippen LogP contribution in [0, 0.1) is 11.3 Å². The van der Waals surface area contributed by atoms with Gasteiger partial charge < -0.3 is 5.32 Å². The second kappa shape index (κ2) is 4.40. The molecule has 3 nitrogen and oxygen atoms in total. The minimum Gasteiger partial charge on any atom is -0.350 e. The van der Waals surface area contributed by atoms with Gasteiger partial charge in [-0.3, -0.25) is 5.41 Å². The number of hydrogen-bond acceptors (Lipinski definition) is 1. The van der Waals surface area contributed by atoms with Crippen LogP contribution < -0.4 is 5.32 Å². The lowest BCUT2D eigenvalue weighted by molar-refractivity contribution is 0.508. The monoisotopic (exact) mass is 183 g/mol. The lowest BCUT2D eigenvalue weighted by Gasteiger charge is -2.20. The second-order valence-electron chi connectivity index (χ2n) is 4.63. The van der Waals surface area contributed by atoms with E-state index >= 15 is 0 Å². The van der Waals surface area contributed by atoms with Crippen molar-refractivity contribution >= 4 is 11.7 Å². The van der Waals surface area contributed by atoms with Crippen LogP contribution in [0.2, 0.25) is 0 Å². The molecule has 76 valence electrons. The zero-order valence-electron chi connectivity index (χ0n) is 9.52. The third-order valence-corrected chi connectivity index (χ3v) is 1.62. The molecule has 0 bridgehead atoms. The third kappa shape index (κ3) is 6.31. The molecule has 0 saturated heterocycles. The molecule has 0 aromatic heterocycles. The molecule has 0 aromatic carbocycles. The van der Waals surface area contributed by atoms with Crippen molar-refractivity contribution in [3.63, 3.8) is 0 Å². The van der Waals surface area contributed by atoms with Gasteiger partial charge in [-0.2, -0.15) is 0 Å². The summed E-state index contributed by atoms with van der Waals surface area (Å²) in [6, 6.07) is 0. The van der Waals surface area contributed by atoms with Crippen molar-refractivity contribution in [1.82, 2.24) is 5.32 Å². The maximum atomic E-state index is 7.57. The molecule has 0 rings (SSSR count). The molecule has 0 unspecified atom stereocenters. The summed E-state index contributed by atoms with van der Waals surface area (Å²) in [6.07, 6.45) is 0. The Morgan fingerprint density at radius 2 is 1.77 bits per heavy atom. The van der Waals surface area contributed by atoms with Crippen LogP contribution in [-0.2, 0) is 0 Å². The van der Waals surface area contributed by atoms with Crippen molar-refractivity contribution in [2.75, 3.05) is 0 Å². The zero-order valence-corrected chi connectivity index (χ0v) is 9.52. The summed E-state index contributed by atoms with van der Waals surface area (Å²) in [5.74, 6) is 0.654. The van der Waals surface area contributed by atoms with Gasteiger partial charge in [0.1, 0.15) is 0 Å². The van der Waals surface area contributed by atoms with E-state index in [-0.39, 0.29) is 11.5 Å². The molecular formula is C10H21N3. The van der Waals surface area contributed by atoms with Crippen molar-refractivity contribution in [1.29, 1.82) is 5.41 Å². The van der Waals surface area contributed by atoms with Gasteiger partial charge in [0.25, 0.3) is 0 Å². The fraction of sp³-hybridized carbons (Fsp3) is 0.800.